The van der Waals surface area contributed by atoms with Gasteiger partial charge in [0.1, 0.15) is 11.5 Å². The number of para-hydroxylation sites is 3. The summed E-state index contributed by atoms with van der Waals surface area (Å²) in [5.41, 5.74) is 8.41. The lowest BCUT2D eigenvalue weighted by Gasteiger charge is -2.22. The molecular weight excluding hydrogens is 438 g/mol. The van der Waals surface area contributed by atoms with Gasteiger partial charge in [-0.25, -0.2) is 0 Å². The second kappa shape index (κ2) is 7.34. The van der Waals surface area contributed by atoms with Crippen LogP contribution >= 0.6 is 0 Å². The zero-order chi connectivity index (χ0) is 23.6. The van der Waals surface area contributed by atoms with Crippen LogP contribution in [0.25, 0.3) is 60.5 Å². The van der Waals surface area contributed by atoms with Crippen molar-refractivity contribution in [3.63, 3.8) is 0 Å². The number of rotatable bonds is 2. The molecule has 36 heavy (non-hydrogen) atoms. The lowest BCUT2D eigenvalue weighted by molar-refractivity contribution is 0.487. The van der Waals surface area contributed by atoms with Crippen LogP contribution in [0.15, 0.2) is 127 Å². The summed E-state index contributed by atoms with van der Waals surface area (Å²) < 4.78 is 8.68. The fourth-order valence-corrected chi connectivity index (χ4v) is 5.83. The molecule has 2 nitrogen and oxygen atoms in total. The van der Waals surface area contributed by atoms with Gasteiger partial charge in [0.15, 0.2) is 0 Å². The lowest BCUT2D eigenvalue weighted by Crippen LogP contribution is -1.97. The number of nitrogens with zero attached hydrogens (tertiary/aromatic N) is 1. The highest BCUT2D eigenvalue weighted by Gasteiger charge is 2.21. The Hall–Kier alpha value is -4.82. The van der Waals surface area contributed by atoms with Crippen LogP contribution in [-0.4, -0.2) is 4.57 Å². The number of hydrogen-bond acceptors (Lipinski definition) is 1. The predicted octanol–water partition coefficient (Wildman–Crippen LogP) is 9.38. The Balaban J connectivity index is 1.40. The average Bonchev–Trinajstić information content (AvgIpc) is 3.28. The third kappa shape index (κ3) is 2.67. The van der Waals surface area contributed by atoms with Gasteiger partial charge < -0.3 is 9.30 Å². The summed E-state index contributed by atoms with van der Waals surface area (Å²) in [6.07, 6.45) is 0. The Morgan fingerprint density at radius 2 is 1.19 bits per heavy atom. The van der Waals surface area contributed by atoms with Gasteiger partial charge in [0.2, 0.25) is 0 Å². The number of benzene rings is 6. The van der Waals surface area contributed by atoms with Crippen molar-refractivity contribution in [3.8, 4) is 39.4 Å². The number of hydrogen-bond donors (Lipinski definition) is 0. The van der Waals surface area contributed by atoms with Gasteiger partial charge in [-0.1, -0.05) is 84.9 Å². The Morgan fingerprint density at radius 1 is 0.444 bits per heavy atom. The molecule has 0 saturated heterocycles. The molecule has 2 heteroatoms. The molecule has 8 rings (SSSR count). The lowest BCUT2D eigenvalue weighted by atomic mass is 9.90. The SMILES string of the molecule is c1ccc(-n2c3ccccc3c3cc(-c4ccc5c6c(cccc46)-c4ccccc4O5)ccc32)cc1. The highest BCUT2D eigenvalue weighted by atomic mass is 16.5. The molecule has 0 amide bonds. The first-order valence-electron chi connectivity index (χ1n) is 12.3. The van der Waals surface area contributed by atoms with Gasteiger partial charge in [-0.05, 0) is 64.5 Å². The van der Waals surface area contributed by atoms with Crippen molar-refractivity contribution >= 4 is 32.6 Å². The minimum atomic E-state index is 0.917. The number of fused-ring (bicyclic) bond motifs is 5. The summed E-state index contributed by atoms with van der Waals surface area (Å²) in [5.74, 6) is 1.84. The van der Waals surface area contributed by atoms with Crippen LogP contribution in [0, 0.1) is 0 Å². The molecule has 168 valence electrons. The fourth-order valence-electron chi connectivity index (χ4n) is 5.83. The summed E-state index contributed by atoms with van der Waals surface area (Å²) in [4.78, 5) is 0. The van der Waals surface area contributed by atoms with E-state index in [0.29, 0.717) is 0 Å². The van der Waals surface area contributed by atoms with Crippen molar-refractivity contribution in [3.05, 3.63) is 127 Å². The van der Waals surface area contributed by atoms with E-state index in [-0.39, 0.29) is 0 Å². The van der Waals surface area contributed by atoms with E-state index in [1.807, 2.05) is 12.1 Å². The predicted molar refractivity (Wildman–Crippen MR) is 149 cm³/mol. The van der Waals surface area contributed by atoms with Gasteiger partial charge in [-0.3, -0.25) is 0 Å². The van der Waals surface area contributed by atoms with Crippen LogP contribution in [0.3, 0.4) is 0 Å². The molecule has 0 atom stereocenters. The van der Waals surface area contributed by atoms with Gasteiger partial charge in [0.05, 0.1) is 11.0 Å². The first-order valence-corrected chi connectivity index (χ1v) is 12.3. The molecule has 0 fully saturated rings. The molecule has 0 aliphatic carbocycles. The molecule has 7 aromatic rings. The third-order valence-electron chi connectivity index (χ3n) is 7.40. The van der Waals surface area contributed by atoms with Crippen molar-refractivity contribution < 1.29 is 4.74 Å². The molecular formula is C34H21NO. The average molecular weight is 460 g/mol. The van der Waals surface area contributed by atoms with E-state index >= 15 is 0 Å². The number of aromatic nitrogens is 1. The summed E-state index contributed by atoms with van der Waals surface area (Å²) in [7, 11) is 0. The number of ether oxygens (including phenoxy) is 1. The molecule has 0 N–H and O–H groups in total. The Labute approximate surface area is 208 Å². The van der Waals surface area contributed by atoms with Crippen LogP contribution in [0.2, 0.25) is 0 Å². The first kappa shape index (κ1) is 19.5. The smallest absolute Gasteiger partial charge is 0.135 e. The minimum absolute atomic E-state index is 0.917. The van der Waals surface area contributed by atoms with Gasteiger partial charge in [0, 0.05) is 27.4 Å². The van der Waals surface area contributed by atoms with Crippen molar-refractivity contribution in [1.82, 2.24) is 4.57 Å². The van der Waals surface area contributed by atoms with E-state index in [1.165, 1.54) is 55.0 Å². The zero-order valence-electron chi connectivity index (χ0n) is 19.5. The third-order valence-corrected chi connectivity index (χ3v) is 7.40. The summed E-state index contributed by atoms with van der Waals surface area (Å²) in [6, 6.07) is 45.3. The van der Waals surface area contributed by atoms with E-state index in [0.717, 1.165) is 17.1 Å². The van der Waals surface area contributed by atoms with Gasteiger partial charge in [-0.15, -0.1) is 0 Å². The van der Waals surface area contributed by atoms with Gasteiger partial charge in [0.25, 0.3) is 0 Å². The maximum absolute atomic E-state index is 6.32. The van der Waals surface area contributed by atoms with Crippen LogP contribution in [0.5, 0.6) is 11.5 Å². The summed E-state index contributed by atoms with van der Waals surface area (Å²) >= 11 is 0. The second-order valence-electron chi connectivity index (χ2n) is 9.36. The maximum Gasteiger partial charge on any atom is 0.135 e. The topological polar surface area (TPSA) is 14.2 Å². The molecule has 0 unspecified atom stereocenters. The quantitative estimate of drug-likeness (QED) is 0.251. The van der Waals surface area contributed by atoms with Crippen molar-refractivity contribution in [2.45, 2.75) is 0 Å². The zero-order valence-corrected chi connectivity index (χ0v) is 19.5. The summed E-state index contributed by atoms with van der Waals surface area (Å²) in [6.45, 7) is 0. The highest BCUT2D eigenvalue weighted by Crippen LogP contribution is 2.48. The monoisotopic (exact) mass is 459 g/mol. The largest absolute Gasteiger partial charge is 0.456 e. The molecule has 0 saturated carbocycles. The van der Waals surface area contributed by atoms with E-state index in [4.69, 9.17) is 4.74 Å². The van der Waals surface area contributed by atoms with E-state index in [9.17, 15) is 0 Å². The van der Waals surface area contributed by atoms with Crippen LogP contribution in [-0.2, 0) is 0 Å². The molecule has 6 aromatic carbocycles. The summed E-state index contributed by atoms with van der Waals surface area (Å²) in [5, 5.41) is 4.92. The molecule has 1 aliphatic rings. The molecule has 0 bridgehead atoms. The van der Waals surface area contributed by atoms with Crippen LogP contribution in [0.4, 0.5) is 0 Å². The Kier molecular flexibility index (Phi) is 3.97. The molecule has 2 heterocycles. The van der Waals surface area contributed by atoms with Gasteiger partial charge >= 0.3 is 0 Å². The second-order valence-corrected chi connectivity index (χ2v) is 9.36. The Bertz CT molecular complexity index is 1960. The minimum Gasteiger partial charge on any atom is -0.456 e. The highest BCUT2D eigenvalue weighted by molar-refractivity contribution is 6.13. The van der Waals surface area contributed by atoms with Crippen molar-refractivity contribution in [2.75, 3.05) is 0 Å². The maximum atomic E-state index is 6.32. The normalized spacial score (nSPS) is 12.1. The van der Waals surface area contributed by atoms with E-state index in [1.54, 1.807) is 0 Å². The Morgan fingerprint density at radius 3 is 2.14 bits per heavy atom. The molecule has 0 radical (unpaired) electrons. The van der Waals surface area contributed by atoms with Gasteiger partial charge in [-0.2, -0.15) is 0 Å². The van der Waals surface area contributed by atoms with Crippen LogP contribution < -0.4 is 4.74 Å². The molecule has 0 spiro atoms. The molecule has 1 aliphatic heterocycles. The van der Waals surface area contributed by atoms with Crippen molar-refractivity contribution in [1.29, 1.82) is 0 Å². The van der Waals surface area contributed by atoms with E-state index in [2.05, 4.69) is 120 Å². The standard InChI is InChI=1S/C34H21NO/c1-2-9-23(10-3-1)35-30-15-6-4-11-25(30)29-21-22(17-19-31(29)35)24-18-20-33-34-27(24)13-8-14-28(34)26-12-5-7-16-32(26)36-33/h1-21H. The van der Waals surface area contributed by atoms with E-state index < -0.39 is 0 Å². The molecule has 1 aromatic heterocycles. The van der Waals surface area contributed by atoms with Crippen LogP contribution in [0.1, 0.15) is 0 Å². The first-order chi connectivity index (χ1) is 17.9. The van der Waals surface area contributed by atoms with Crippen molar-refractivity contribution in [2.24, 2.45) is 0 Å². The fraction of sp³-hybridized carbons (Fsp3) is 0.